The van der Waals surface area contributed by atoms with Crippen molar-refractivity contribution in [1.29, 1.82) is 0 Å². The van der Waals surface area contributed by atoms with E-state index in [4.69, 9.17) is 14.2 Å². The van der Waals surface area contributed by atoms with Crippen LogP contribution in [0.1, 0.15) is 11.1 Å². The van der Waals surface area contributed by atoms with Crippen LogP contribution in [0.3, 0.4) is 0 Å². The Kier molecular flexibility index (Phi) is 9.58. The molecule has 234 valence electrons. The Bertz CT molecular complexity index is 1760. The summed E-state index contributed by atoms with van der Waals surface area (Å²) in [7, 11) is -1.41. The minimum Gasteiger partial charge on any atom is -0.497 e. The average Bonchev–Trinajstić information content (AvgIpc) is 3.07. The number of nitrogens with one attached hydrogen (secondary N) is 1. The third-order valence-electron chi connectivity index (χ3n) is 7.45. The molecule has 0 saturated heterocycles. The predicted octanol–water partition coefficient (Wildman–Crippen LogP) is 4.36. The molecule has 11 heteroatoms. The Hall–Kier alpha value is -5.03. The number of sulfonamides is 1. The second-order valence-electron chi connectivity index (χ2n) is 10.5. The molecule has 1 heterocycles. The molecular formula is C34H35N3O7S. The third kappa shape index (κ3) is 7.04. The third-order valence-corrected chi connectivity index (χ3v) is 9.24. The van der Waals surface area contributed by atoms with E-state index in [-0.39, 0.29) is 28.8 Å². The topological polar surface area (TPSA) is 114 Å². The van der Waals surface area contributed by atoms with E-state index in [1.165, 1.54) is 25.2 Å². The number of aryl methyl sites for hydroxylation is 1. The van der Waals surface area contributed by atoms with Gasteiger partial charge in [0, 0.05) is 6.54 Å². The van der Waals surface area contributed by atoms with Gasteiger partial charge in [0.05, 0.1) is 32.1 Å². The van der Waals surface area contributed by atoms with Crippen LogP contribution in [0.15, 0.2) is 102 Å². The van der Waals surface area contributed by atoms with Gasteiger partial charge in [-0.3, -0.25) is 13.9 Å². The number of rotatable bonds is 11. The summed E-state index contributed by atoms with van der Waals surface area (Å²) in [6.45, 7) is 1.51. The first-order valence-corrected chi connectivity index (χ1v) is 15.8. The van der Waals surface area contributed by atoms with E-state index < -0.39 is 28.6 Å². The Balaban J connectivity index is 1.44. The van der Waals surface area contributed by atoms with Crippen LogP contribution in [-0.2, 0) is 26.0 Å². The summed E-state index contributed by atoms with van der Waals surface area (Å²) in [6, 6.07) is 27.9. The highest BCUT2D eigenvalue weighted by Gasteiger charge is 2.37. The maximum Gasteiger partial charge on any atom is 0.268 e. The molecule has 10 nitrogen and oxygen atoms in total. The smallest absolute Gasteiger partial charge is 0.268 e. The summed E-state index contributed by atoms with van der Waals surface area (Å²) in [5, 5.41) is 2.90. The molecule has 45 heavy (non-hydrogen) atoms. The number of para-hydroxylation sites is 2. The Morgan fingerprint density at radius 2 is 1.64 bits per heavy atom. The van der Waals surface area contributed by atoms with Gasteiger partial charge >= 0.3 is 0 Å². The first kappa shape index (κ1) is 31.4. The molecule has 0 spiro atoms. The fourth-order valence-corrected chi connectivity index (χ4v) is 6.73. The van der Waals surface area contributed by atoms with Crippen molar-refractivity contribution >= 4 is 33.2 Å². The molecule has 2 amide bonds. The number of benzene rings is 4. The lowest BCUT2D eigenvalue weighted by Gasteiger charge is -2.35. The molecule has 4 aromatic carbocycles. The zero-order chi connectivity index (χ0) is 32.0. The van der Waals surface area contributed by atoms with Gasteiger partial charge in [-0.15, -0.1) is 0 Å². The van der Waals surface area contributed by atoms with Crippen molar-refractivity contribution in [2.75, 3.05) is 43.1 Å². The largest absolute Gasteiger partial charge is 0.497 e. The van der Waals surface area contributed by atoms with Gasteiger partial charge in [0.1, 0.15) is 28.7 Å². The predicted molar refractivity (Wildman–Crippen MR) is 172 cm³/mol. The standard InChI is InChI=1S/C34H35N3O7S/c1-24-13-18-30(43-3)32(21-24)45(40,41)37(26-14-16-27(42-2)17-15-26)23-33(38)36-22-31(44-29-12-8-7-11-28(29)36)34(39)35-20-19-25-9-5-4-6-10-25/h4-18,21,31H,19-20,22-23H2,1-3H3,(H,35,39)/t31-/m1/s1. The summed E-state index contributed by atoms with van der Waals surface area (Å²) < 4.78 is 46.2. The van der Waals surface area contributed by atoms with Crippen molar-refractivity contribution in [2.24, 2.45) is 0 Å². The molecule has 1 aliphatic rings. The number of fused-ring (bicyclic) bond motifs is 1. The number of carbonyl (C=O) groups is 2. The van der Waals surface area contributed by atoms with Crippen LogP contribution >= 0.6 is 0 Å². The highest BCUT2D eigenvalue weighted by molar-refractivity contribution is 7.93. The number of hydrogen-bond donors (Lipinski definition) is 1. The molecule has 4 aromatic rings. The van der Waals surface area contributed by atoms with Gasteiger partial charge in [-0.1, -0.05) is 48.5 Å². The SMILES string of the molecule is COc1ccc(N(CC(=O)N2C[C@H](C(=O)NCCc3ccccc3)Oc3ccccc32)S(=O)(=O)c2cc(C)ccc2OC)cc1. The molecule has 0 saturated carbocycles. The van der Waals surface area contributed by atoms with Gasteiger partial charge in [0.25, 0.3) is 15.9 Å². The molecule has 0 fully saturated rings. The lowest BCUT2D eigenvalue weighted by Crippen LogP contribution is -2.53. The monoisotopic (exact) mass is 629 g/mol. The quantitative estimate of drug-likeness (QED) is 0.262. The second kappa shape index (κ2) is 13.7. The van der Waals surface area contributed by atoms with E-state index in [1.807, 2.05) is 30.3 Å². The second-order valence-corrected chi connectivity index (χ2v) is 12.3. The minimum atomic E-state index is -4.31. The summed E-state index contributed by atoms with van der Waals surface area (Å²) in [5.41, 5.74) is 2.48. The number of amides is 2. The van der Waals surface area contributed by atoms with Crippen LogP contribution in [0.5, 0.6) is 17.2 Å². The fraction of sp³-hybridized carbons (Fsp3) is 0.235. The zero-order valence-electron chi connectivity index (χ0n) is 25.3. The van der Waals surface area contributed by atoms with Crippen molar-refractivity contribution in [2.45, 2.75) is 24.3 Å². The van der Waals surface area contributed by atoms with Gasteiger partial charge in [-0.25, -0.2) is 8.42 Å². The Morgan fingerprint density at radius 1 is 0.933 bits per heavy atom. The van der Waals surface area contributed by atoms with E-state index in [0.29, 0.717) is 35.7 Å². The summed E-state index contributed by atoms with van der Waals surface area (Å²) in [6.07, 6.45) is -0.363. The number of anilines is 2. The first-order chi connectivity index (χ1) is 21.7. The number of hydrogen-bond acceptors (Lipinski definition) is 7. The summed E-state index contributed by atoms with van der Waals surface area (Å²) in [5.74, 6) is 0.107. The number of methoxy groups -OCH3 is 2. The van der Waals surface area contributed by atoms with Crippen molar-refractivity contribution in [3.63, 3.8) is 0 Å². The van der Waals surface area contributed by atoms with E-state index in [1.54, 1.807) is 67.6 Å². The Labute approximate surface area is 263 Å². The average molecular weight is 630 g/mol. The maximum atomic E-state index is 14.2. The lowest BCUT2D eigenvalue weighted by atomic mass is 10.1. The summed E-state index contributed by atoms with van der Waals surface area (Å²) >= 11 is 0. The maximum absolute atomic E-state index is 14.2. The molecule has 0 bridgehead atoms. The molecule has 0 aromatic heterocycles. The lowest BCUT2D eigenvalue weighted by molar-refractivity contribution is -0.128. The molecule has 0 aliphatic carbocycles. The highest BCUT2D eigenvalue weighted by atomic mass is 32.2. The number of nitrogens with zero attached hydrogens (tertiary/aromatic N) is 2. The van der Waals surface area contributed by atoms with Crippen LogP contribution in [-0.4, -0.2) is 60.2 Å². The molecule has 0 unspecified atom stereocenters. The molecule has 0 radical (unpaired) electrons. The Morgan fingerprint density at radius 3 is 2.36 bits per heavy atom. The molecule has 1 aliphatic heterocycles. The van der Waals surface area contributed by atoms with E-state index in [9.17, 15) is 18.0 Å². The van der Waals surface area contributed by atoms with Crippen molar-refractivity contribution in [3.05, 3.63) is 108 Å². The number of ether oxygens (including phenoxy) is 3. The number of carbonyl (C=O) groups excluding carboxylic acids is 2. The molecule has 5 rings (SSSR count). The highest BCUT2D eigenvalue weighted by Crippen LogP contribution is 2.35. The van der Waals surface area contributed by atoms with E-state index in [2.05, 4.69) is 5.32 Å². The normalized spacial score (nSPS) is 14.1. The van der Waals surface area contributed by atoms with Crippen LogP contribution in [0.4, 0.5) is 11.4 Å². The van der Waals surface area contributed by atoms with Crippen LogP contribution in [0, 0.1) is 6.92 Å². The van der Waals surface area contributed by atoms with Gasteiger partial charge < -0.3 is 24.4 Å². The van der Waals surface area contributed by atoms with Crippen LogP contribution in [0.2, 0.25) is 0 Å². The molecular weight excluding hydrogens is 594 g/mol. The van der Waals surface area contributed by atoms with Gasteiger partial charge in [-0.2, -0.15) is 0 Å². The van der Waals surface area contributed by atoms with Gasteiger partial charge in [0.2, 0.25) is 5.91 Å². The minimum absolute atomic E-state index is 0.0772. The summed E-state index contributed by atoms with van der Waals surface area (Å²) in [4.78, 5) is 28.6. The van der Waals surface area contributed by atoms with Crippen LogP contribution in [0.25, 0.3) is 0 Å². The zero-order valence-corrected chi connectivity index (χ0v) is 26.1. The van der Waals surface area contributed by atoms with Crippen molar-refractivity contribution in [1.82, 2.24) is 5.32 Å². The van der Waals surface area contributed by atoms with E-state index in [0.717, 1.165) is 9.87 Å². The fourth-order valence-electron chi connectivity index (χ4n) is 5.07. The van der Waals surface area contributed by atoms with Crippen LogP contribution < -0.4 is 28.7 Å². The van der Waals surface area contributed by atoms with E-state index >= 15 is 0 Å². The van der Waals surface area contributed by atoms with Gasteiger partial charge in [-0.05, 0) is 73.0 Å². The molecule has 1 N–H and O–H groups in total. The van der Waals surface area contributed by atoms with Gasteiger partial charge in [0.15, 0.2) is 6.10 Å². The van der Waals surface area contributed by atoms with Crippen molar-refractivity contribution < 1.29 is 32.2 Å². The molecule has 1 atom stereocenters. The van der Waals surface area contributed by atoms with Crippen molar-refractivity contribution in [3.8, 4) is 17.2 Å². The first-order valence-electron chi connectivity index (χ1n) is 14.4.